The van der Waals surface area contributed by atoms with Crippen LogP contribution in [0.15, 0.2) is 22.8 Å². The van der Waals surface area contributed by atoms with Gasteiger partial charge in [-0.05, 0) is 78.8 Å². The summed E-state index contributed by atoms with van der Waals surface area (Å²) in [6.45, 7) is 4.65. The molecule has 0 heterocycles. The van der Waals surface area contributed by atoms with Gasteiger partial charge in [0.25, 0.3) is 0 Å². The molecule has 5 aliphatic rings. The number of ketones is 1. The molecule has 0 aromatic carbocycles. The van der Waals surface area contributed by atoms with E-state index >= 15 is 0 Å². The lowest BCUT2D eigenvalue weighted by molar-refractivity contribution is -0.112. The van der Waals surface area contributed by atoms with E-state index in [0.717, 1.165) is 38.0 Å². The van der Waals surface area contributed by atoms with Crippen molar-refractivity contribution < 1.29 is 9.90 Å². The number of carbonyl (C=O) groups is 1. The lowest BCUT2D eigenvalue weighted by Crippen LogP contribution is -2.53. The Morgan fingerprint density at radius 1 is 1.26 bits per heavy atom. The number of hydrogen-bond donors (Lipinski definition) is 1. The van der Waals surface area contributed by atoms with Crippen LogP contribution >= 0.6 is 11.6 Å². The second-order valence-electron chi connectivity index (χ2n) is 9.17. The molecule has 5 rings (SSSR count). The Balaban J connectivity index is 1.60. The fourth-order valence-corrected chi connectivity index (χ4v) is 7.85. The van der Waals surface area contributed by atoms with Crippen molar-refractivity contribution in [3.8, 4) is 0 Å². The maximum Gasteiger partial charge on any atom is 0.196 e. The van der Waals surface area contributed by atoms with Gasteiger partial charge in [-0.1, -0.05) is 31.5 Å². The second kappa shape index (κ2) is 4.14. The summed E-state index contributed by atoms with van der Waals surface area (Å²) in [4.78, 5) is 12.0. The molecule has 3 heteroatoms. The number of allylic oxidation sites excluding steroid dienone is 4. The quantitative estimate of drug-likeness (QED) is 0.721. The normalized spacial score (nSPS) is 56.8. The van der Waals surface area contributed by atoms with E-state index in [0.29, 0.717) is 22.3 Å². The van der Waals surface area contributed by atoms with Crippen LogP contribution in [0.1, 0.15) is 52.4 Å². The molecule has 5 aliphatic carbocycles. The van der Waals surface area contributed by atoms with Gasteiger partial charge in [0.1, 0.15) is 0 Å². The first-order valence-electron chi connectivity index (χ1n) is 9.15. The molecule has 124 valence electrons. The van der Waals surface area contributed by atoms with Gasteiger partial charge in [0.15, 0.2) is 5.78 Å². The van der Waals surface area contributed by atoms with Gasteiger partial charge >= 0.3 is 0 Å². The van der Waals surface area contributed by atoms with Gasteiger partial charge in [-0.3, -0.25) is 4.79 Å². The smallest absolute Gasteiger partial charge is 0.196 e. The third-order valence-electron chi connectivity index (χ3n) is 8.77. The fraction of sp³-hybridized carbons (Fsp3) is 0.750. The molecular weight excluding hydrogens is 308 g/mol. The predicted octanol–water partition coefficient (Wildman–Crippen LogP) is 4.22. The van der Waals surface area contributed by atoms with E-state index in [9.17, 15) is 9.90 Å². The number of hydrogen-bond acceptors (Lipinski definition) is 2. The van der Waals surface area contributed by atoms with Crippen molar-refractivity contribution in [1.29, 1.82) is 0 Å². The number of aliphatic hydroxyl groups excluding tert-OH is 1. The molecule has 4 fully saturated rings. The average molecular weight is 333 g/mol. The monoisotopic (exact) mass is 332 g/mol. The molecule has 1 spiro atoms. The molecule has 4 saturated carbocycles. The van der Waals surface area contributed by atoms with Crippen LogP contribution in [0.5, 0.6) is 0 Å². The maximum absolute atomic E-state index is 12.0. The molecule has 0 aliphatic heterocycles. The Hall–Kier alpha value is -0.600. The molecule has 2 nitrogen and oxygen atoms in total. The van der Waals surface area contributed by atoms with Crippen LogP contribution in [-0.2, 0) is 4.79 Å². The molecule has 1 N–H and O–H groups in total. The highest BCUT2D eigenvalue weighted by molar-refractivity contribution is 6.45. The molecule has 7 atom stereocenters. The van der Waals surface area contributed by atoms with E-state index in [4.69, 9.17) is 11.6 Å². The Kier molecular flexibility index (Phi) is 2.65. The SMILES string of the molecule is C[C@]12C=CC(=O)C(Cl)=C1CC[C@@H]1[C@@H]2CC[C@]2(C)[C@@H](O)C[C@@H]3C[C@]312. The molecule has 23 heavy (non-hydrogen) atoms. The minimum absolute atomic E-state index is 0.0167. The number of halogens is 1. The number of carbonyl (C=O) groups excluding carboxylic acids is 1. The number of aliphatic hydroxyl groups is 1. The van der Waals surface area contributed by atoms with Crippen LogP contribution in [0, 0.1) is 34.0 Å². The standard InChI is InChI=1S/C20H25ClO2/c1-18-7-6-15(22)17(21)14(18)4-3-13-12(18)5-8-19(2)16(23)9-11-10-20(11,13)19/h6-7,11-13,16,23H,3-5,8-10H2,1-2H3/t11-,12+,13-,16+,18-,19-,20+/m1/s1. The van der Waals surface area contributed by atoms with E-state index in [1.807, 2.05) is 0 Å². The van der Waals surface area contributed by atoms with Gasteiger partial charge in [0.05, 0.1) is 11.1 Å². The highest BCUT2D eigenvalue weighted by atomic mass is 35.5. The Bertz CT molecular complexity index is 679. The molecular formula is C20H25ClO2. The molecule has 0 amide bonds. The van der Waals surface area contributed by atoms with E-state index in [-0.39, 0.29) is 22.7 Å². The summed E-state index contributed by atoms with van der Waals surface area (Å²) >= 11 is 6.41. The van der Waals surface area contributed by atoms with Crippen molar-refractivity contribution in [1.82, 2.24) is 0 Å². The molecule has 0 radical (unpaired) electrons. The highest BCUT2D eigenvalue weighted by Gasteiger charge is 2.77. The summed E-state index contributed by atoms with van der Waals surface area (Å²) in [7, 11) is 0. The van der Waals surface area contributed by atoms with Crippen molar-refractivity contribution in [3.63, 3.8) is 0 Å². The third-order valence-corrected chi connectivity index (χ3v) is 9.18. The van der Waals surface area contributed by atoms with Crippen LogP contribution in [0.25, 0.3) is 0 Å². The Morgan fingerprint density at radius 3 is 2.83 bits per heavy atom. The molecule has 0 bridgehead atoms. The van der Waals surface area contributed by atoms with Crippen LogP contribution in [-0.4, -0.2) is 17.0 Å². The first kappa shape index (κ1) is 14.7. The van der Waals surface area contributed by atoms with E-state index < -0.39 is 0 Å². The minimum Gasteiger partial charge on any atom is -0.393 e. The Morgan fingerprint density at radius 2 is 2.04 bits per heavy atom. The summed E-state index contributed by atoms with van der Waals surface area (Å²) in [6.07, 6.45) is 10.4. The van der Waals surface area contributed by atoms with Crippen molar-refractivity contribution in [2.45, 2.75) is 58.5 Å². The van der Waals surface area contributed by atoms with Crippen LogP contribution in [0.4, 0.5) is 0 Å². The molecule has 0 aromatic heterocycles. The van der Waals surface area contributed by atoms with E-state index in [1.165, 1.54) is 12.0 Å². The van der Waals surface area contributed by atoms with E-state index in [1.54, 1.807) is 6.08 Å². The van der Waals surface area contributed by atoms with Gasteiger partial charge in [-0.25, -0.2) is 0 Å². The van der Waals surface area contributed by atoms with E-state index in [2.05, 4.69) is 19.9 Å². The lowest BCUT2D eigenvalue weighted by Gasteiger charge is -2.58. The minimum atomic E-state index is -0.112. The summed E-state index contributed by atoms with van der Waals surface area (Å²) in [5.41, 5.74) is 1.62. The van der Waals surface area contributed by atoms with Crippen LogP contribution < -0.4 is 0 Å². The summed E-state index contributed by atoms with van der Waals surface area (Å²) in [5.74, 6) is 1.97. The fourth-order valence-electron chi connectivity index (χ4n) is 7.48. The van der Waals surface area contributed by atoms with Crippen molar-refractivity contribution >= 4 is 17.4 Å². The number of fused-ring (bicyclic) bond motifs is 3. The van der Waals surface area contributed by atoms with Crippen LogP contribution in [0.3, 0.4) is 0 Å². The largest absolute Gasteiger partial charge is 0.393 e. The average Bonchev–Trinajstić information content (AvgIpc) is 3.17. The van der Waals surface area contributed by atoms with Gasteiger partial charge in [-0.15, -0.1) is 0 Å². The summed E-state index contributed by atoms with van der Waals surface area (Å²) in [5, 5.41) is 11.1. The summed E-state index contributed by atoms with van der Waals surface area (Å²) < 4.78 is 0. The van der Waals surface area contributed by atoms with Gasteiger partial charge in [0, 0.05) is 5.41 Å². The third kappa shape index (κ3) is 1.46. The van der Waals surface area contributed by atoms with Crippen molar-refractivity contribution in [2.24, 2.45) is 34.0 Å². The zero-order chi connectivity index (χ0) is 16.2. The number of rotatable bonds is 0. The zero-order valence-corrected chi connectivity index (χ0v) is 14.7. The lowest BCUT2D eigenvalue weighted by atomic mass is 9.46. The maximum atomic E-state index is 12.0. The predicted molar refractivity (Wildman–Crippen MR) is 89.9 cm³/mol. The van der Waals surface area contributed by atoms with Crippen molar-refractivity contribution in [3.05, 3.63) is 22.8 Å². The van der Waals surface area contributed by atoms with Crippen molar-refractivity contribution in [2.75, 3.05) is 0 Å². The molecule has 0 unspecified atom stereocenters. The first-order valence-corrected chi connectivity index (χ1v) is 9.53. The van der Waals surface area contributed by atoms with Gasteiger partial charge in [0.2, 0.25) is 0 Å². The highest BCUT2D eigenvalue weighted by Crippen LogP contribution is 2.82. The second-order valence-corrected chi connectivity index (χ2v) is 9.55. The molecule has 0 aromatic rings. The van der Waals surface area contributed by atoms with Crippen LogP contribution in [0.2, 0.25) is 0 Å². The Labute approximate surface area is 143 Å². The zero-order valence-electron chi connectivity index (χ0n) is 13.9. The van der Waals surface area contributed by atoms with Gasteiger partial charge < -0.3 is 5.11 Å². The van der Waals surface area contributed by atoms with Gasteiger partial charge in [-0.2, -0.15) is 0 Å². The molecule has 0 saturated heterocycles. The summed E-state index contributed by atoms with van der Waals surface area (Å²) in [6, 6.07) is 0. The topological polar surface area (TPSA) is 37.3 Å². The first-order chi connectivity index (χ1) is 10.8.